The first kappa shape index (κ1) is 14.1. The highest BCUT2D eigenvalue weighted by Gasteiger charge is 2.27. The molecule has 0 unspecified atom stereocenters. The average Bonchev–Trinajstić information content (AvgIpc) is 2.47. The fourth-order valence-electron chi connectivity index (χ4n) is 2.89. The molecule has 1 fully saturated rings. The Balaban J connectivity index is 1.86. The molecule has 0 saturated heterocycles. The van der Waals surface area contributed by atoms with Crippen LogP contribution in [0.4, 0.5) is 0 Å². The molecule has 1 amide bonds. The van der Waals surface area contributed by atoms with Gasteiger partial charge in [-0.3, -0.25) is 4.79 Å². The van der Waals surface area contributed by atoms with Crippen LogP contribution in [-0.2, 0) is 11.3 Å². The molecule has 1 aromatic carbocycles. The lowest BCUT2D eigenvalue weighted by Gasteiger charge is -2.30. The van der Waals surface area contributed by atoms with Gasteiger partial charge in [-0.2, -0.15) is 0 Å². The van der Waals surface area contributed by atoms with E-state index in [-0.39, 0.29) is 5.92 Å². The normalized spacial score (nSPS) is 23.1. The molecule has 0 heterocycles. The van der Waals surface area contributed by atoms with E-state index in [0.717, 1.165) is 32.2 Å². The van der Waals surface area contributed by atoms with E-state index >= 15 is 0 Å². The van der Waals surface area contributed by atoms with Crippen molar-refractivity contribution in [3.05, 3.63) is 35.9 Å². The van der Waals surface area contributed by atoms with Crippen molar-refractivity contribution in [2.45, 2.75) is 32.2 Å². The number of amides is 1. The molecule has 0 radical (unpaired) electrons. The van der Waals surface area contributed by atoms with Gasteiger partial charge in [0.25, 0.3) is 0 Å². The summed E-state index contributed by atoms with van der Waals surface area (Å²) in [5.74, 6) is 1.12. The van der Waals surface area contributed by atoms with Gasteiger partial charge in [0, 0.05) is 19.5 Å². The van der Waals surface area contributed by atoms with E-state index in [9.17, 15) is 4.79 Å². The van der Waals surface area contributed by atoms with Gasteiger partial charge in [-0.05, 0) is 43.7 Å². The summed E-state index contributed by atoms with van der Waals surface area (Å²) < 4.78 is 0. The third-order valence-corrected chi connectivity index (χ3v) is 4.17. The number of hydrogen-bond acceptors (Lipinski definition) is 2. The Morgan fingerprint density at radius 2 is 1.84 bits per heavy atom. The summed E-state index contributed by atoms with van der Waals surface area (Å²) in [7, 11) is 1.91. The molecule has 3 heteroatoms. The lowest BCUT2D eigenvalue weighted by molar-refractivity contribution is -0.136. The summed E-state index contributed by atoms with van der Waals surface area (Å²) in [5, 5.41) is 0. The first-order valence-electron chi connectivity index (χ1n) is 7.19. The highest BCUT2D eigenvalue weighted by Crippen LogP contribution is 2.29. The maximum atomic E-state index is 12.4. The van der Waals surface area contributed by atoms with E-state index in [1.807, 2.05) is 30.1 Å². The van der Waals surface area contributed by atoms with E-state index in [0.29, 0.717) is 18.4 Å². The molecule has 104 valence electrons. The Labute approximate surface area is 115 Å². The molecule has 0 aliphatic heterocycles. The van der Waals surface area contributed by atoms with Crippen LogP contribution in [0.2, 0.25) is 0 Å². The van der Waals surface area contributed by atoms with Crippen molar-refractivity contribution in [2.24, 2.45) is 17.6 Å². The van der Waals surface area contributed by atoms with Crippen LogP contribution in [0.1, 0.15) is 31.2 Å². The minimum Gasteiger partial charge on any atom is -0.341 e. The molecule has 19 heavy (non-hydrogen) atoms. The maximum absolute atomic E-state index is 12.4. The lowest BCUT2D eigenvalue weighted by Crippen LogP contribution is -2.35. The van der Waals surface area contributed by atoms with E-state index in [1.54, 1.807) is 0 Å². The predicted molar refractivity (Wildman–Crippen MR) is 77.4 cm³/mol. The van der Waals surface area contributed by atoms with Crippen LogP contribution < -0.4 is 5.73 Å². The van der Waals surface area contributed by atoms with Gasteiger partial charge >= 0.3 is 0 Å². The summed E-state index contributed by atoms with van der Waals surface area (Å²) >= 11 is 0. The molecular weight excluding hydrogens is 236 g/mol. The molecule has 2 N–H and O–H groups in total. The van der Waals surface area contributed by atoms with Gasteiger partial charge in [0.1, 0.15) is 0 Å². The topological polar surface area (TPSA) is 46.3 Å². The van der Waals surface area contributed by atoms with E-state index in [2.05, 4.69) is 12.1 Å². The maximum Gasteiger partial charge on any atom is 0.225 e. The Morgan fingerprint density at radius 3 is 2.42 bits per heavy atom. The van der Waals surface area contributed by atoms with Crippen LogP contribution >= 0.6 is 0 Å². The molecule has 1 aromatic rings. The van der Waals surface area contributed by atoms with Crippen molar-refractivity contribution in [2.75, 3.05) is 13.6 Å². The second-order valence-corrected chi connectivity index (χ2v) is 5.63. The van der Waals surface area contributed by atoms with Gasteiger partial charge in [0.2, 0.25) is 5.91 Å². The molecule has 0 aromatic heterocycles. The standard InChI is InChI=1S/C16H24N2O/c1-18(12-14-5-3-2-4-6-14)16(19)15-9-7-13(11-17)8-10-15/h2-6,13,15H,7-12,17H2,1H3. The summed E-state index contributed by atoms with van der Waals surface area (Å²) in [6.07, 6.45) is 4.21. The van der Waals surface area contributed by atoms with Crippen molar-refractivity contribution in [1.82, 2.24) is 4.90 Å². The zero-order valence-electron chi connectivity index (χ0n) is 11.7. The Morgan fingerprint density at radius 1 is 1.21 bits per heavy atom. The predicted octanol–water partition coefficient (Wildman–Crippen LogP) is 2.41. The molecule has 1 aliphatic carbocycles. The van der Waals surface area contributed by atoms with Crippen LogP contribution in [0, 0.1) is 11.8 Å². The van der Waals surface area contributed by atoms with Crippen LogP contribution in [0.5, 0.6) is 0 Å². The minimum absolute atomic E-state index is 0.205. The van der Waals surface area contributed by atoms with Crippen LogP contribution in [-0.4, -0.2) is 24.4 Å². The zero-order valence-corrected chi connectivity index (χ0v) is 11.7. The molecule has 0 atom stereocenters. The monoisotopic (exact) mass is 260 g/mol. The van der Waals surface area contributed by atoms with Crippen LogP contribution in [0.15, 0.2) is 30.3 Å². The molecule has 0 spiro atoms. The number of nitrogens with zero attached hydrogens (tertiary/aromatic N) is 1. The van der Waals surface area contributed by atoms with E-state index in [1.165, 1.54) is 5.56 Å². The van der Waals surface area contributed by atoms with Crippen molar-refractivity contribution in [3.63, 3.8) is 0 Å². The second-order valence-electron chi connectivity index (χ2n) is 5.63. The molecule has 1 saturated carbocycles. The first-order valence-corrected chi connectivity index (χ1v) is 7.19. The third-order valence-electron chi connectivity index (χ3n) is 4.17. The number of benzene rings is 1. The summed E-state index contributed by atoms with van der Waals surface area (Å²) in [6, 6.07) is 10.2. The van der Waals surface area contributed by atoms with Crippen molar-refractivity contribution >= 4 is 5.91 Å². The molecular formula is C16H24N2O. The van der Waals surface area contributed by atoms with Gasteiger partial charge in [-0.25, -0.2) is 0 Å². The average molecular weight is 260 g/mol. The van der Waals surface area contributed by atoms with Crippen molar-refractivity contribution in [1.29, 1.82) is 0 Å². The van der Waals surface area contributed by atoms with E-state index in [4.69, 9.17) is 5.73 Å². The third kappa shape index (κ3) is 3.80. The zero-order chi connectivity index (χ0) is 13.7. The lowest BCUT2D eigenvalue weighted by atomic mass is 9.81. The quantitative estimate of drug-likeness (QED) is 0.903. The molecule has 3 nitrogen and oxygen atoms in total. The minimum atomic E-state index is 0.205. The SMILES string of the molecule is CN(Cc1ccccc1)C(=O)C1CCC(CN)CC1. The van der Waals surface area contributed by atoms with Gasteiger partial charge in [-0.15, -0.1) is 0 Å². The molecule has 0 bridgehead atoms. The van der Waals surface area contributed by atoms with Gasteiger partial charge in [-0.1, -0.05) is 30.3 Å². The number of nitrogens with two attached hydrogens (primary N) is 1. The second kappa shape index (κ2) is 6.71. The summed E-state index contributed by atoms with van der Waals surface area (Å²) in [5.41, 5.74) is 6.88. The highest BCUT2D eigenvalue weighted by molar-refractivity contribution is 5.78. The number of carbonyl (C=O) groups is 1. The Hall–Kier alpha value is -1.35. The summed E-state index contributed by atoms with van der Waals surface area (Å²) in [4.78, 5) is 14.3. The number of carbonyl (C=O) groups excluding carboxylic acids is 1. The smallest absolute Gasteiger partial charge is 0.225 e. The Bertz CT molecular complexity index is 396. The van der Waals surface area contributed by atoms with Gasteiger partial charge in [0.15, 0.2) is 0 Å². The largest absolute Gasteiger partial charge is 0.341 e. The van der Waals surface area contributed by atoms with Gasteiger partial charge in [0.05, 0.1) is 0 Å². The molecule has 1 aliphatic rings. The number of hydrogen-bond donors (Lipinski definition) is 1. The van der Waals surface area contributed by atoms with E-state index < -0.39 is 0 Å². The Kier molecular flexibility index (Phi) is 4.97. The first-order chi connectivity index (χ1) is 9.20. The van der Waals surface area contributed by atoms with Crippen LogP contribution in [0.25, 0.3) is 0 Å². The van der Waals surface area contributed by atoms with Crippen LogP contribution in [0.3, 0.4) is 0 Å². The number of rotatable bonds is 4. The highest BCUT2D eigenvalue weighted by atomic mass is 16.2. The fourth-order valence-corrected chi connectivity index (χ4v) is 2.89. The fraction of sp³-hybridized carbons (Fsp3) is 0.562. The van der Waals surface area contributed by atoms with Gasteiger partial charge < -0.3 is 10.6 Å². The van der Waals surface area contributed by atoms with Crippen molar-refractivity contribution < 1.29 is 4.79 Å². The molecule has 2 rings (SSSR count). The van der Waals surface area contributed by atoms with Crippen molar-refractivity contribution in [3.8, 4) is 0 Å². The summed E-state index contributed by atoms with van der Waals surface area (Å²) in [6.45, 7) is 1.47.